The van der Waals surface area contributed by atoms with Crippen LogP contribution in [0.25, 0.3) is 11.0 Å². The molecule has 0 unspecified atom stereocenters. The van der Waals surface area contributed by atoms with Gasteiger partial charge in [-0.2, -0.15) is 22.2 Å². The predicted octanol–water partition coefficient (Wildman–Crippen LogP) is 4.75. The van der Waals surface area contributed by atoms with E-state index in [0.29, 0.717) is 12.3 Å². The molecule has 7 nitrogen and oxygen atoms in total. The van der Waals surface area contributed by atoms with Crippen LogP contribution in [0.5, 0.6) is 5.88 Å². The first-order valence-corrected chi connectivity index (χ1v) is 15.1. The summed E-state index contributed by atoms with van der Waals surface area (Å²) in [4.78, 5) is 4.18. The van der Waals surface area contributed by atoms with Gasteiger partial charge in [0.1, 0.15) is 12.4 Å². The van der Waals surface area contributed by atoms with E-state index in [1.165, 1.54) is 0 Å². The minimum atomic E-state index is -4.30. The van der Waals surface area contributed by atoms with Crippen molar-refractivity contribution in [1.29, 1.82) is 0 Å². The van der Waals surface area contributed by atoms with Crippen molar-refractivity contribution in [1.82, 2.24) is 9.55 Å². The van der Waals surface area contributed by atoms with Crippen LogP contribution in [0, 0.1) is 0 Å². The lowest BCUT2D eigenvalue weighted by molar-refractivity contribution is -0.182. The molecule has 0 saturated carbocycles. The molecule has 0 aliphatic carbocycles. The second-order valence-electron chi connectivity index (χ2n) is 7.95. The molecule has 0 atom stereocenters. The van der Waals surface area contributed by atoms with Crippen LogP contribution in [0.15, 0.2) is 22.8 Å². The van der Waals surface area contributed by atoms with E-state index in [2.05, 4.69) is 40.6 Å². The summed E-state index contributed by atoms with van der Waals surface area (Å²) >= 11 is 3.17. The lowest BCUT2D eigenvalue weighted by Crippen LogP contribution is -2.26. The lowest BCUT2D eigenvalue weighted by atomic mass is 10.3. The molecule has 2 heterocycles. The highest BCUT2D eigenvalue weighted by Gasteiger charge is 2.33. The minimum Gasteiger partial charge on any atom is -0.413 e. The van der Waals surface area contributed by atoms with Crippen molar-refractivity contribution in [2.45, 2.75) is 51.4 Å². The number of pyridine rings is 1. The van der Waals surface area contributed by atoms with Gasteiger partial charge in [0.25, 0.3) is 10.1 Å². The number of alkyl halides is 2. The van der Waals surface area contributed by atoms with Crippen molar-refractivity contribution in [3.05, 3.63) is 22.8 Å². The molecule has 0 bridgehead atoms. The zero-order valence-corrected chi connectivity index (χ0v) is 19.9. The summed E-state index contributed by atoms with van der Waals surface area (Å²) in [5.41, 5.74) is 0.435. The van der Waals surface area contributed by atoms with Crippen LogP contribution in [-0.4, -0.2) is 49.1 Å². The number of aromatic nitrogens is 2. The molecule has 0 aromatic carbocycles. The van der Waals surface area contributed by atoms with Gasteiger partial charge < -0.3 is 14.0 Å². The van der Waals surface area contributed by atoms with Crippen molar-refractivity contribution in [3.8, 4) is 5.88 Å². The number of nitrogens with zero attached hydrogens (tertiary/aromatic N) is 2. The molecule has 2 aromatic rings. The first-order chi connectivity index (χ1) is 13.3. The van der Waals surface area contributed by atoms with Gasteiger partial charge in [0.05, 0.1) is 16.6 Å². The number of ether oxygens (including phenoxy) is 2. The number of fused-ring (bicyclic) bond motifs is 1. The van der Waals surface area contributed by atoms with Crippen LogP contribution in [0.3, 0.4) is 0 Å². The zero-order chi connectivity index (χ0) is 21.9. The Morgan fingerprint density at radius 2 is 2.03 bits per heavy atom. The van der Waals surface area contributed by atoms with Gasteiger partial charge >= 0.3 is 6.11 Å². The van der Waals surface area contributed by atoms with E-state index < -0.39 is 42.9 Å². The standard InChI is InChI=1S/C17H25BrF2N2O5SSi/c1-29(2,3)10-8-26-12-22-7-5-13-11-14(18)16(21-15(13)22)27-17(19,20)6-4-9-28(23,24)25/h5,7,11H,4,6,8-10,12H2,1-3H3,(H,23,24,25). The molecule has 0 saturated heterocycles. The molecule has 2 rings (SSSR count). The lowest BCUT2D eigenvalue weighted by Gasteiger charge is -2.18. The molecule has 0 aliphatic rings. The Balaban J connectivity index is 2.08. The van der Waals surface area contributed by atoms with Crippen LogP contribution in [0.4, 0.5) is 8.78 Å². The maximum Gasteiger partial charge on any atom is 0.399 e. The Kier molecular flexibility index (Phi) is 7.82. The number of halogens is 3. The van der Waals surface area contributed by atoms with Gasteiger partial charge in [0.2, 0.25) is 5.88 Å². The average molecular weight is 515 g/mol. The van der Waals surface area contributed by atoms with E-state index in [4.69, 9.17) is 14.0 Å². The van der Waals surface area contributed by atoms with Crippen LogP contribution in [0.2, 0.25) is 25.7 Å². The number of hydrogen-bond donors (Lipinski definition) is 1. The Morgan fingerprint density at radius 1 is 1.34 bits per heavy atom. The molecule has 29 heavy (non-hydrogen) atoms. The maximum atomic E-state index is 14.1. The van der Waals surface area contributed by atoms with Gasteiger partial charge in [0.15, 0.2) is 0 Å². The first-order valence-electron chi connectivity index (χ1n) is 9.01. The van der Waals surface area contributed by atoms with Crippen molar-refractivity contribution < 1.29 is 31.2 Å². The average Bonchev–Trinajstić information content (AvgIpc) is 2.91. The third kappa shape index (κ3) is 8.28. The topological polar surface area (TPSA) is 90.7 Å². The van der Waals surface area contributed by atoms with E-state index in [1.807, 2.05) is 0 Å². The summed E-state index contributed by atoms with van der Waals surface area (Å²) in [5, 5.41) is 0.729. The van der Waals surface area contributed by atoms with E-state index in [0.717, 1.165) is 11.4 Å². The number of rotatable bonds is 11. The molecule has 164 valence electrons. The fraction of sp³-hybridized carbons (Fsp3) is 0.588. The summed E-state index contributed by atoms with van der Waals surface area (Å²) in [6.45, 7) is 7.61. The quantitative estimate of drug-likeness (QED) is 0.264. The van der Waals surface area contributed by atoms with Gasteiger partial charge in [-0.1, -0.05) is 19.6 Å². The zero-order valence-electron chi connectivity index (χ0n) is 16.5. The van der Waals surface area contributed by atoms with Crippen molar-refractivity contribution in [2.24, 2.45) is 0 Å². The Bertz CT molecular complexity index is 947. The summed E-state index contributed by atoms with van der Waals surface area (Å²) < 4.78 is 70.5. The van der Waals surface area contributed by atoms with E-state index >= 15 is 0 Å². The Hall–Kier alpha value is -1.08. The normalized spacial score (nSPS) is 13.2. The highest BCUT2D eigenvalue weighted by Crippen LogP contribution is 2.33. The van der Waals surface area contributed by atoms with E-state index in [-0.39, 0.29) is 17.1 Å². The van der Waals surface area contributed by atoms with Crippen molar-refractivity contribution >= 4 is 45.2 Å². The first kappa shape index (κ1) is 24.2. The molecular weight excluding hydrogens is 490 g/mol. The van der Waals surface area contributed by atoms with E-state index in [1.54, 1.807) is 22.9 Å². The summed E-state index contributed by atoms with van der Waals surface area (Å²) in [6.07, 6.45) is -3.21. The SMILES string of the molecule is C[Si](C)(C)CCOCn1ccc2cc(Br)c(OC(F)(F)CCCS(=O)(=O)O)nc21. The minimum absolute atomic E-state index is 0.243. The van der Waals surface area contributed by atoms with Gasteiger partial charge in [-0.15, -0.1) is 0 Å². The second kappa shape index (κ2) is 9.37. The Morgan fingerprint density at radius 3 is 2.66 bits per heavy atom. The highest BCUT2D eigenvalue weighted by molar-refractivity contribution is 9.10. The maximum absolute atomic E-state index is 14.1. The van der Waals surface area contributed by atoms with Crippen LogP contribution in [0.1, 0.15) is 12.8 Å². The van der Waals surface area contributed by atoms with Crippen molar-refractivity contribution in [2.75, 3.05) is 12.4 Å². The molecule has 0 radical (unpaired) electrons. The molecule has 0 amide bonds. The molecule has 1 N–H and O–H groups in total. The molecule has 0 aliphatic heterocycles. The van der Waals surface area contributed by atoms with Crippen molar-refractivity contribution in [3.63, 3.8) is 0 Å². The fourth-order valence-electron chi connectivity index (χ4n) is 2.44. The molecular formula is C17H25BrF2N2O5SSi. The van der Waals surface area contributed by atoms with E-state index in [9.17, 15) is 17.2 Å². The van der Waals surface area contributed by atoms with Gasteiger partial charge in [-0.05, 0) is 40.5 Å². The third-order valence-corrected chi connectivity index (χ3v) is 7.08. The largest absolute Gasteiger partial charge is 0.413 e. The summed E-state index contributed by atoms with van der Waals surface area (Å²) in [6, 6.07) is 4.42. The summed E-state index contributed by atoms with van der Waals surface area (Å²) in [7, 11) is -5.52. The van der Waals surface area contributed by atoms with Gasteiger partial charge in [-0.3, -0.25) is 4.55 Å². The molecule has 12 heteroatoms. The predicted molar refractivity (Wildman–Crippen MR) is 113 cm³/mol. The monoisotopic (exact) mass is 514 g/mol. The Labute approximate surface area is 178 Å². The van der Waals surface area contributed by atoms with Gasteiger partial charge in [0, 0.05) is 26.3 Å². The summed E-state index contributed by atoms with van der Waals surface area (Å²) in [5.74, 6) is -1.08. The van der Waals surface area contributed by atoms with Crippen LogP contribution >= 0.6 is 15.9 Å². The smallest absolute Gasteiger partial charge is 0.399 e. The number of hydrogen-bond acceptors (Lipinski definition) is 5. The molecule has 0 spiro atoms. The third-order valence-electron chi connectivity index (χ3n) is 4.00. The fourth-order valence-corrected chi connectivity index (χ4v) is 4.12. The van der Waals surface area contributed by atoms with Gasteiger partial charge in [-0.25, -0.2) is 0 Å². The second-order valence-corrected chi connectivity index (χ2v) is 16.0. The molecule has 0 fully saturated rings. The highest BCUT2D eigenvalue weighted by atomic mass is 79.9. The van der Waals surface area contributed by atoms with Crippen LogP contribution in [-0.2, 0) is 21.6 Å². The van der Waals surface area contributed by atoms with Crippen LogP contribution < -0.4 is 4.74 Å². The molecule has 2 aromatic heterocycles.